The lowest BCUT2D eigenvalue weighted by molar-refractivity contribution is 0.622. The monoisotopic (exact) mass is 351 g/mol. The largest absolute Gasteiger partial charge is 0.261 e. The van der Waals surface area contributed by atoms with Crippen LogP contribution < -0.4 is 0 Å². The number of benzene rings is 1. The Morgan fingerprint density at radius 3 is 2.72 bits per heavy atom. The molecule has 0 aliphatic carbocycles. The molecule has 3 nitrogen and oxygen atoms in total. The van der Waals surface area contributed by atoms with E-state index in [1.807, 2.05) is 24.3 Å². The van der Waals surface area contributed by atoms with E-state index in [1.165, 1.54) is 6.07 Å². The maximum atomic E-state index is 13.1. The van der Waals surface area contributed by atoms with E-state index in [9.17, 15) is 4.39 Å². The second-order valence-corrected chi connectivity index (χ2v) is 4.77. The lowest BCUT2D eigenvalue weighted by atomic mass is 10.2. The molecule has 0 spiro atoms. The standard InChI is InChI=1S/C13H7FIN3/c14-9-5-8(6-16-7-9)13-17-11-4-2-1-3-10(11)12(15)18-13/h1-7H. The molecule has 0 saturated carbocycles. The number of rotatable bonds is 1. The molecular weight excluding hydrogens is 344 g/mol. The first-order valence-electron chi connectivity index (χ1n) is 5.27. The van der Waals surface area contributed by atoms with Crippen molar-refractivity contribution in [1.82, 2.24) is 15.0 Å². The van der Waals surface area contributed by atoms with Gasteiger partial charge in [0.05, 0.1) is 11.7 Å². The average molecular weight is 351 g/mol. The number of pyridine rings is 1. The minimum absolute atomic E-state index is 0.390. The maximum Gasteiger partial charge on any atom is 0.162 e. The summed E-state index contributed by atoms with van der Waals surface area (Å²) in [5.41, 5.74) is 1.43. The van der Waals surface area contributed by atoms with Crippen LogP contribution in [0.15, 0.2) is 42.7 Å². The van der Waals surface area contributed by atoms with E-state index in [-0.39, 0.29) is 5.82 Å². The zero-order chi connectivity index (χ0) is 12.5. The van der Waals surface area contributed by atoms with Gasteiger partial charge in [-0.15, -0.1) is 0 Å². The van der Waals surface area contributed by atoms with Crippen molar-refractivity contribution in [2.24, 2.45) is 0 Å². The van der Waals surface area contributed by atoms with E-state index in [0.29, 0.717) is 11.4 Å². The van der Waals surface area contributed by atoms with E-state index in [2.05, 4.69) is 37.5 Å². The van der Waals surface area contributed by atoms with Crippen LogP contribution in [0.4, 0.5) is 4.39 Å². The highest BCUT2D eigenvalue weighted by Crippen LogP contribution is 2.22. The summed E-state index contributed by atoms with van der Waals surface area (Å²) in [6, 6.07) is 9.11. The van der Waals surface area contributed by atoms with Gasteiger partial charge in [-0.1, -0.05) is 18.2 Å². The Kier molecular flexibility index (Phi) is 2.91. The first-order valence-corrected chi connectivity index (χ1v) is 6.35. The molecule has 5 heteroatoms. The van der Waals surface area contributed by atoms with Gasteiger partial charge in [0.25, 0.3) is 0 Å². The van der Waals surface area contributed by atoms with Crippen LogP contribution >= 0.6 is 22.6 Å². The fourth-order valence-corrected chi connectivity index (χ4v) is 2.39. The lowest BCUT2D eigenvalue weighted by Gasteiger charge is -2.04. The molecule has 0 bridgehead atoms. The van der Waals surface area contributed by atoms with Crippen molar-refractivity contribution < 1.29 is 4.39 Å². The summed E-state index contributed by atoms with van der Waals surface area (Å²) in [6.45, 7) is 0. The Hall–Kier alpha value is -1.63. The second kappa shape index (κ2) is 4.56. The Bertz CT molecular complexity index is 730. The van der Waals surface area contributed by atoms with Gasteiger partial charge in [-0.25, -0.2) is 14.4 Å². The van der Waals surface area contributed by atoms with E-state index >= 15 is 0 Å². The molecule has 0 aliphatic heterocycles. The van der Waals surface area contributed by atoms with Crippen molar-refractivity contribution in [2.45, 2.75) is 0 Å². The molecule has 0 aliphatic rings. The van der Waals surface area contributed by atoms with Crippen molar-refractivity contribution in [3.05, 3.63) is 52.2 Å². The van der Waals surface area contributed by atoms with E-state index in [0.717, 1.165) is 20.8 Å². The van der Waals surface area contributed by atoms with Crippen molar-refractivity contribution in [3.8, 4) is 11.4 Å². The van der Waals surface area contributed by atoms with Gasteiger partial charge in [-0.05, 0) is 34.7 Å². The van der Waals surface area contributed by atoms with Crippen LogP contribution in [0.1, 0.15) is 0 Å². The zero-order valence-electron chi connectivity index (χ0n) is 9.14. The molecule has 0 amide bonds. The minimum atomic E-state index is -0.390. The molecular formula is C13H7FIN3. The molecule has 2 heterocycles. The maximum absolute atomic E-state index is 13.1. The van der Waals surface area contributed by atoms with Gasteiger partial charge in [0.2, 0.25) is 0 Å². The lowest BCUT2D eigenvalue weighted by Crippen LogP contribution is -1.95. The summed E-state index contributed by atoms with van der Waals surface area (Å²) in [6.07, 6.45) is 2.72. The van der Waals surface area contributed by atoms with E-state index in [4.69, 9.17) is 0 Å². The predicted molar refractivity (Wildman–Crippen MR) is 75.4 cm³/mol. The van der Waals surface area contributed by atoms with Gasteiger partial charge in [0.1, 0.15) is 9.52 Å². The summed E-state index contributed by atoms with van der Waals surface area (Å²) in [4.78, 5) is 12.6. The fraction of sp³-hybridized carbons (Fsp3) is 0. The molecule has 0 atom stereocenters. The average Bonchev–Trinajstić information content (AvgIpc) is 2.39. The van der Waals surface area contributed by atoms with Gasteiger partial charge in [-0.3, -0.25) is 4.98 Å². The first-order chi connectivity index (χ1) is 8.74. The van der Waals surface area contributed by atoms with Gasteiger partial charge in [0.15, 0.2) is 5.82 Å². The highest BCUT2D eigenvalue weighted by atomic mass is 127. The van der Waals surface area contributed by atoms with Gasteiger partial charge in [0, 0.05) is 17.1 Å². The number of hydrogen-bond donors (Lipinski definition) is 0. The first kappa shape index (κ1) is 11.5. The van der Waals surface area contributed by atoms with Gasteiger partial charge >= 0.3 is 0 Å². The molecule has 2 aromatic heterocycles. The van der Waals surface area contributed by atoms with Crippen LogP contribution in [-0.2, 0) is 0 Å². The van der Waals surface area contributed by atoms with Crippen LogP contribution in [0.5, 0.6) is 0 Å². The molecule has 0 radical (unpaired) electrons. The number of nitrogens with zero attached hydrogens (tertiary/aromatic N) is 3. The molecule has 3 rings (SSSR count). The third-order valence-corrected chi connectivity index (χ3v) is 3.34. The van der Waals surface area contributed by atoms with Gasteiger partial charge in [-0.2, -0.15) is 0 Å². The van der Waals surface area contributed by atoms with Crippen molar-refractivity contribution in [1.29, 1.82) is 0 Å². The van der Waals surface area contributed by atoms with E-state index < -0.39 is 0 Å². The molecule has 0 unspecified atom stereocenters. The minimum Gasteiger partial charge on any atom is -0.261 e. The van der Waals surface area contributed by atoms with Crippen LogP contribution in [0.3, 0.4) is 0 Å². The molecule has 0 saturated heterocycles. The quantitative estimate of drug-likeness (QED) is 0.498. The van der Waals surface area contributed by atoms with Crippen LogP contribution in [0.25, 0.3) is 22.3 Å². The zero-order valence-corrected chi connectivity index (χ0v) is 11.3. The third kappa shape index (κ3) is 2.05. The highest BCUT2D eigenvalue weighted by Gasteiger charge is 2.08. The van der Waals surface area contributed by atoms with Crippen LogP contribution in [-0.4, -0.2) is 15.0 Å². The van der Waals surface area contributed by atoms with Crippen molar-refractivity contribution >= 4 is 33.5 Å². The topological polar surface area (TPSA) is 38.7 Å². The SMILES string of the molecule is Fc1cncc(-c2nc(I)c3ccccc3n2)c1. The number of para-hydroxylation sites is 1. The Morgan fingerprint density at radius 1 is 1.06 bits per heavy atom. The summed E-state index contributed by atoms with van der Waals surface area (Å²) in [7, 11) is 0. The second-order valence-electron chi connectivity index (χ2n) is 3.75. The molecule has 0 fully saturated rings. The number of fused-ring (bicyclic) bond motifs is 1. The van der Waals surface area contributed by atoms with Gasteiger partial charge < -0.3 is 0 Å². The Balaban J connectivity index is 2.24. The fourth-order valence-electron chi connectivity index (χ4n) is 1.70. The van der Waals surface area contributed by atoms with E-state index in [1.54, 1.807) is 6.20 Å². The highest BCUT2D eigenvalue weighted by molar-refractivity contribution is 14.1. The molecule has 0 N–H and O–H groups in total. The molecule has 1 aromatic carbocycles. The van der Waals surface area contributed by atoms with Crippen LogP contribution in [0, 0.1) is 9.52 Å². The third-order valence-electron chi connectivity index (χ3n) is 2.52. The van der Waals surface area contributed by atoms with Crippen LogP contribution in [0.2, 0.25) is 0 Å². The summed E-state index contributed by atoms with van der Waals surface area (Å²) in [5, 5.41) is 0.992. The summed E-state index contributed by atoms with van der Waals surface area (Å²) in [5.74, 6) is 0.101. The Labute approximate surface area is 116 Å². The molecule has 18 heavy (non-hydrogen) atoms. The number of halogens is 2. The normalized spacial score (nSPS) is 10.8. The summed E-state index contributed by atoms with van der Waals surface area (Å²) < 4.78 is 14.0. The number of hydrogen-bond acceptors (Lipinski definition) is 3. The number of aromatic nitrogens is 3. The smallest absolute Gasteiger partial charge is 0.162 e. The Morgan fingerprint density at radius 2 is 1.89 bits per heavy atom. The predicted octanol–water partition coefficient (Wildman–Crippen LogP) is 3.44. The van der Waals surface area contributed by atoms with Crippen molar-refractivity contribution in [3.63, 3.8) is 0 Å². The van der Waals surface area contributed by atoms with Crippen molar-refractivity contribution in [2.75, 3.05) is 0 Å². The summed E-state index contributed by atoms with van der Waals surface area (Å²) >= 11 is 2.15. The molecule has 88 valence electrons. The molecule has 3 aromatic rings.